The molecule has 0 saturated carbocycles. The van der Waals surface area contributed by atoms with E-state index in [1.807, 2.05) is 6.07 Å². The van der Waals surface area contributed by atoms with Crippen molar-refractivity contribution in [1.29, 1.82) is 0 Å². The van der Waals surface area contributed by atoms with E-state index in [4.69, 9.17) is 11.5 Å². The molecule has 0 aliphatic carbocycles. The van der Waals surface area contributed by atoms with Crippen LogP contribution in [0.25, 0.3) is 11.1 Å². The van der Waals surface area contributed by atoms with Gasteiger partial charge in [0.25, 0.3) is 5.91 Å². The van der Waals surface area contributed by atoms with Gasteiger partial charge < -0.3 is 11.5 Å². The predicted octanol–water partition coefficient (Wildman–Crippen LogP) is 5.41. The Morgan fingerprint density at radius 3 is 2.38 bits per heavy atom. The van der Waals surface area contributed by atoms with Crippen LogP contribution in [0.5, 0.6) is 0 Å². The molecule has 6 nitrogen and oxygen atoms in total. The van der Waals surface area contributed by atoms with Crippen LogP contribution in [0.2, 0.25) is 0 Å². The number of pyridine rings is 1. The van der Waals surface area contributed by atoms with Crippen molar-refractivity contribution in [2.45, 2.75) is 26.7 Å². The van der Waals surface area contributed by atoms with Crippen LogP contribution in [-0.4, -0.2) is 17.3 Å². The summed E-state index contributed by atoms with van der Waals surface area (Å²) in [7, 11) is 0. The first-order valence-electron chi connectivity index (χ1n) is 9.68. The van der Waals surface area contributed by atoms with Crippen LogP contribution in [0, 0.1) is 12.7 Å². The van der Waals surface area contributed by atoms with Crippen LogP contribution in [0.15, 0.2) is 51.7 Å². The molecule has 0 bridgehead atoms. The number of hydrogen-bond donors (Lipinski definition) is 3. The van der Waals surface area contributed by atoms with Crippen LogP contribution in [0.1, 0.15) is 34.8 Å². The lowest BCUT2D eigenvalue weighted by Gasteiger charge is -2.13. The molecule has 0 saturated heterocycles. The van der Waals surface area contributed by atoms with E-state index < -0.39 is 5.91 Å². The number of benzene rings is 2. The van der Waals surface area contributed by atoms with Gasteiger partial charge in [-0.05, 0) is 98.8 Å². The van der Waals surface area contributed by atoms with Crippen molar-refractivity contribution in [1.82, 2.24) is 10.3 Å². The topological polar surface area (TPSA) is 111 Å². The molecule has 2 aromatic carbocycles. The van der Waals surface area contributed by atoms with Gasteiger partial charge in [0, 0.05) is 28.1 Å². The number of halogens is 3. The second-order valence-corrected chi connectivity index (χ2v) is 8.49. The molecular weight excluding hydrogens is 543 g/mol. The molecule has 3 aromatic rings. The van der Waals surface area contributed by atoms with Gasteiger partial charge in [-0.3, -0.25) is 14.9 Å². The SMILES string of the molecule is CCCc1cc(Br)nc(Br)c1-c1ccc(N)cc1F.Cc1cc(N)ccc1C(=O)NC=O. The molecule has 32 heavy (non-hydrogen) atoms. The molecule has 9 heteroatoms. The summed E-state index contributed by atoms with van der Waals surface area (Å²) in [5.41, 5.74) is 15.7. The average Bonchev–Trinajstić information content (AvgIpc) is 2.70. The number of carbonyl (C=O) groups is 2. The van der Waals surface area contributed by atoms with E-state index in [-0.39, 0.29) is 5.82 Å². The maximum Gasteiger partial charge on any atom is 0.257 e. The quantitative estimate of drug-likeness (QED) is 0.217. The van der Waals surface area contributed by atoms with Crippen molar-refractivity contribution in [3.8, 4) is 11.1 Å². The number of rotatable bonds is 5. The van der Waals surface area contributed by atoms with Crippen LogP contribution in [0.4, 0.5) is 15.8 Å². The number of nitrogens with two attached hydrogens (primary N) is 2. The standard InChI is InChI=1S/C14H13Br2FN2.C9H10N2O2/c1-2-3-8-6-12(15)19-14(16)13(8)10-5-4-9(18)7-11(10)17;1-6-4-7(10)2-3-8(6)9(13)11-5-12/h4-7H,2-3,18H2,1H3;2-5H,10H2,1H3,(H,11,12,13). The van der Waals surface area contributed by atoms with Gasteiger partial charge in [-0.2, -0.15) is 0 Å². The van der Waals surface area contributed by atoms with E-state index in [0.29, 0.717) is 33.5 Å². The minimum atomic E-state index is -0.410. The number of aryl methyl sites for hydroxylation is 2. The van der Waals surface area contributed by atoms with Crippen LogP contribution in [-0.2, 0) is 11.2 Å². The maximum absolute atomic E-state index is 14.1. The Bertz CT molecular complexity index is 1140. The fourth-order valence-electron chi connectivity index (χ4n) is 3.09. The first-order chi connectivity index (χ1) is 15.2. The number of amides is 2. The number of aromatic nitrogens is 1. The van der Waals surface area contributed by atoms with Crippen LogP contribution >= 0.6 is 31.9 Å². The zero-order valence-electron chi connectivity index (χ0n) is 17.6. The van der Waals surface area contributed by atoms with Gasteiger partial charge in [-0.1, -0.05) is 13.3 Å². The second-order valence-electron chi connectivity index (χ2n) is 6.92. The molecule has 1 aromatic heterocycles. The van der Waals surface area contributed by atoms with Crippen molar-refractivity contribution in [3.05, 3.63) is 74.2 Å². The van der Waals surface area contributed by atoms with Gasteiger partial charge in [0.2, 0.25) is 6.41 Å². The number of imide groups is 1. The summed E-state index contributed by atoms with van der Waals surface area (Å²) in [4.78, 5) is 25.5. The Balaban J connectivity index is 0.000000244. The van der Waals surface area contributed by atoms with E-state index in [2.05, 4.69) is 49.1 Å². The summed E-state index contributed by atoms with van der Waals surface area (Å²) in [5.74, 6) is -0.741. The van der Waals surface area contributed by atoms with Gasteiger partial charge in [0.05, 0.1) is 0 Å². The highest BCUT2D eigenvalue weighted by Gasteiger charge is 2.15. The monoisotopic (exact) mass is 564 g/mol. The molecule has 168 valence electrons. The minimum Gasteiger partial charge on any atom is -0.399 e. The third kappa shape index (κ3) is 6.61. The van der Waals surface area contributed by atoms with Crippen molar-refractivity contribution in [3.63, 3.8) is 0 Å². The Hall–Kier alpha value is -2.78. The Morgan fingerprint density at radius 2 is 1.78 bits per heavy atom. The van der Waals surface area contributed by atoms with Crippen LogP contribution < -0.4 is 16.8 Å². The molecule has 0 atom stereocenters. The number of hydrogen-bond acceptors (Lipinski definition) is 5. The second kappa shape index (κ2) is 11.7. The Kier molecular flexibility index (Phi) is 9.34. The number of anilines is 2. The molecule has 0 aliphatic heterocycles. The lowest BCUT2D eigenvalue weighted by Crippen LogP contribution is -2.22. The lowest BCUT2D eigenvalue weighted by molar-refractivity contribution is -0.108. The summed E-state index contributed by atoms with van der Waals surface area (Å²) in [5, 5.41) is 2.06. The van der Waals surface area contributed by atoms with E-state index in [9.17, 15) is 14.0 Å². The summed E-state index contributed by atoms with van der Waals surface area (Å²) >= 11 is 6.78. The molecule has 3 rings (SSSR count). The predicted molar refractivity (Wildman–Crippen MR) is 133 cm³/mol. The smallest absolute Gasteiger partial charge is 0.257 e. The number of nitrogen functional groups attached to an aromatic ring is 2. The third-order valence-corrected chi connectivity index (χ3v) is 5.47. The highest BCUT2D eigenvalue weighted by atomic mass is 79.9. The number of carbonyl (C=O) groups excluding carboxylic acids is 2. The first-order valence-corrected chi connectivity index (χ1v) is 11.3. The highest BCUT2D eigenvalue weighted by molar-refractivity contribution is 9.11. The summed E-state index contributed by atoms with van der Waals surface area (Å²) < 4.78 is 15.5. The van der Waals surface area contributed by atoms with Gasteiger partial charge in [-0.25, -0.2) is 9.37 Å². The van der Waals surface area contributed by atoms with Crippen LogP contribution in [0.3, 0.4) is 0 Å². The fourth-order valence-corrected chi connectivity index (χ4v) is 4.44. The molecule has 5 N–H and O–H groups in total. The molecule has 0 radical (unpaired) electrons. The fraction of sp³-hybridized carbons (Fsp3) is 0.174. The van der Waals surface area contributed by atoms with Gasteiger partial charge in [0.15, 0.2) is 0 Å². The normalized spacial score (nSPS) is 10.2. The summed E-state index contributed by atoms with van der Waals surface area (Å²) in [6, 6.07) is 11.5. The third-order valence-electron chi connectivity index (χ3n) is 4.49. The van der Waals surface area contributed by atoms with Gasteiger partial charge >= 0.3 is 0 Å². The summed E-state index contributed by atoms with van der Waals surface area (Å²) in [6.45, 7) is 3.85. The molecular formula is C23H23Br2FN4O2. The Morgan fingerprint density at radius 1 is 1.12 bits per heavy atom. The van der Waals surface area contributed by atoms with E-state index in [1.54, 1.807) is 37.3 Å². The largest absolute Gasteiger partial charge is 0.399 e. The molecule has 2 amide bonds. The Labute approximate surface area is 202 Å². The first kappa shape index (κ1) is 25.5. The highest BCUT2D eigenvalue weighted by Crippen LogP contribution is 2.35. The van der Waals surface area contributed by atoms with E-state index >= 15 is 0 Å². The molecule has 0 aliphatic rings. The maximum atomic E-state index is 14.1. The lowest BCUT2D eigenvalue weighted by atomic mass is 9.98. The molecule has 1 heterocycles. The molecule has 0 spiro atoms. The minimum absolute atomic E-state index is 0.331. The average molecular weight is 566 g/mol. The van der Waals surface area contributed by atoms with Crippen molar-refractivity contribution in [2.24, 2.45) is 0 Å². The van der Waals surface area contributed by atoms with Gasteiger partial charge in [0.1, 0.15) is 15.0 Å². The molecule has 0 fully saturated rings. The van der Waals surface area contributed by atoms with Crippen molar-refractivity contribution in [2.75, 3.05) is 11.5 Å². The van der Waals surface area contributed by atoms with E-state index in [1.165, 1.54) is 6.07 Å². The number of nitrogens with one attached hydrogen (secondary N) is 1. The van der Waals surface area contributed by atoms with E-state index in [0.717, 1.165) is 34.1 Å². The van der Waals surface area contributed by atoms with Crippen molar-refractivity contribution >= 4 is 55.6 Å². The molecule has 0 unspecified atom stereocenters. The van der Waals surface area contributed by atoms with Crippen molar-refractivity contribution < 1.29 is 14.0 Å². The number of nitrogens with zero attached hydrogens (tertiary/aromatic N) is 1. The summed E-state index contributed by atoms with van der Waals surface area (Å²) in [6.07, 6.45) is 2.20. The zero-order chi connectivity index (χ0) is 23.8. The van der Waals surface area contributed by atoms with Gasteiger partial charge in [-0.15, -0.1) is 0 Å². The zero-order valence-corrected chi connectivity index (χ0v) is 20.8.